The summed E-state index contributed by atoms with van der Waals surface area (Å²) < 4.78 is 0. The highest BCUT2D eigenvalue weighted by Crippen LogP contribution is 2.23. The lowest BCUT2D eigenvalue weighted by Gasteiger charge is -2.15. The third-order valence-electron chi connectivity index (χ3n) is 2.63. The molecule has 1 aliphatic rings. The van der Waals surface area contributed by atoms with Gasteiger partial charge in [-0.15, -0.1) is 0 Å². The molecule has 1 saturated heterocycles. The maximum absolute atomic E-state index is 10.9. The van der Waals surface area contributed by atoms with Gasteiger partial charge in [-0.2, -0.15) is 0 Å². The Labute approximate surface area is 77.3 Å². The minimum absolute atomic E-state index is 0.0900. The predicted molar refractivity (Wildman–Crippen MR) is 47.2 cm³/mol. The molecule has 4 nitrogen and oxygen atoms in total. The molecule has 0 aromatic rings. The smallest absolute Gasteiger partial charge is 0.303 e. The number of carboxylic acids is 1. The minimum Gasteiger partial charge on any atom is -0.481 e. The lowest BCUT2D eigenvalue weighted by atomic mass is 9.89. The number of carbonyl (C=O) groups is 2. The highest BCUT2D eigenvalue weighted by atomic mass is 16.4. The van der Waals surface area contributed by atoms with E-state index in [4.69, 9.17) is 5.11 Å². The van der Waals surface area contributed by atoms with Crippen molar-refractivity contribution < 1.29 is 14.7 Å². The van der Waals surface area contributed by atoms with Crippen molar-refractivity contribution in [3.63, 3.8) is 0 Å². The van der Waals surface area contributed by atoms with Crippen molar-refractivity contribution >= 4 is 11.9 Å². The van der Waals surface area contributed by atoms with Crippen LogP contribution in [-0.2, 0) is 9.59 Å². The number of carbonyl (C=O) groups excluding carboxylic acids is 1. The molecular weight excluding hydrogens is 170 g/mol. The maximum atomic E-state index is 10.9. The summed E-state index contributed by atoms with van der Waals surface area (Å²) in [4.78, 5) is 21.2. The number of amides is 1. The van der Waals surface area contributed by atoms with Crippen molar-refractivity contribution in [2.75, 3.05) is 6.54 Å². The Morgan fingerprint density at radius 2 is 2.46 bits per heavy atom. The van der Waals surface area contributed by atoms with Crippen molar-refractivity contribution in [3.05, 3.63) is 0 Å². The van der Waals surface area contributed by atoms with Gasteiger partial charge < -0.3 is 10.4 Å². The monoisotopic (exact) mass is 185 g/mol. The van der Waals surface area contributed by atoms with Crippen molar-refractivity contribution in [1.29, 1.82) is 0 Å². The average Bonchev–Trinajstić information content (AvgIpc) is 2.47. The highest BCUT2D eigenvalue weighted by molar-refractivity contribution is 5.78. The fourth-order valence-electron chi connectivity index (χ4n) is 1.62. The highest BCUT2D eigenvalue weighted by Gasteiger charge is 2.26. The van der Waals surface area contributed by atoms with E-state index < -0.39 is 5.97 Å². The number of nitrogens with one attached hydrogen (secondary N) is 1. The molecule has 0 spiro atoms. The lowest BCUT2D eigenvalue weighted by Crippen LogP contribution is -2.17. The van der Waals surface area contributed by atoms with Crippen LogP contribution in [0.15, 0.2) is 0 Å². The van der Waals surface area contributed by atoms with Crippen LogP contribution >= 0.6 is 0 Å². The van der Waals surface area contributed by atoms with E-state index in [1.807, 2.05) is 6.92 Å². The Morgan fingerprint density at radius 3 is 2.92 bits per heavy atom. The summed E-state index contributed by atoms with van der Waals surface area (Å²) in [5, 5.41) is 11.2. The van der Waals surface area contributed by atoms with Crippen LogP contribution in [0.4, 0.5) is 0 Å². The topological polar surface area (TPSA) is 66.4 Å². The third-order valence-corrected chi connectivity index (χ3v) is 2.63. The fraction of sp³-hybridized carbons (Fsp3) is 0.778. The Kier molecular flexibility index (Phi) is 3.28. The molecule has 2 unspecified atom stereocenters. The Balaban J connectivity index is 2.27. The molecule has 4 heteroatoms. The fourth-order valence-corrected chi connectivity index (χ4v) is 1.62. The first-order valence-electron chi connectivity index (χ1n) is 4.58. The summed E-state index contributed by atoms with van der Waals surface area (Å²) in [6, 6.07) is 0. The third kappa shape index (κ3) is 3.05. The van der Waals surface area contributed by atoms with Gasteiger partial charge in [0.1, 0.15) is 0 Å². The lowest BCUT2D eigenvalue weighted by molar-refractivity contribution is -0.137. The van der Waals surface area contributed by atoms with E-state index in [0.29, 0.717) is 31.2 Å². The van der Waals surface area contributed by atoms with Gasteiger partial charge in [-0.1, -0.05) is 6.92 Å². The summed E-state index contributed by atoms with van der Waals surface area (Å²) in [7, 11) is 0. The summed E-state index contributed by atoms with van der Waals surface area (Å²) in [5.74, 6) is -0.0294. The van der Waals surface area contributed by atoms with Gasteiger partial charge in [0.05, 0.1) is 0 Å². The van der Waals surface area contributed by atoms with Crippen molar-refractivity contribution in [1.82, 2.24) is 5.32 Å². The van der Waals surface area contributed by atoms with Gasteiger partial charge in [-0.3, -0.25) is 9.59 Å². The molecule has 0 bridgehead atoms. The molecule has 13 heavy (non-hydrogen) atoms. The van der Waals surface area contributed by atoms with Crippen LogP contribution in [-0.4, -0.2) is 23.5 Å². The minimum atomic E-state index is -0.760. The molecule has 0 aliphatic carbocycles. The van der Waals surface area contributed by atoms with E-state index in [-0.39, 0.29) is 12.3 Å². The first-order valence-corrected chi connectivity index (χ1v) is 4.58. The van der Waals surface area contributed by atoms with Gasteiger partial charge in [-0.25, -0.2) is 0 Å². The normalized spacial score (nSPS) is 24.1. The first kappa shape index (κ1) is 10.0. The SMILES string of the molecule is CC(CCC(=O)O)C1CNC(=O)C1. The van der Waals surface area contributed by atoms with E-state index in [1.165, 1.54) is 0 Å². The molecule has 1 aliphatic heterocycles. The zero-order chi connectivity index (χ0) is 9.84. The first-order chi connectivity index (χ1) is 6.09. The van der Waals surface area contributed by atoms with Crippen LogP contribution in [0.5, 0.6) is 0 Å². The second-order valence-electron chi connectivity index (χ2n) is 3.68. The Hall–Kier alpha value is -1.06. The Bertz CT molecular complexity index is 215. The van der Waals surface area contributed by atoms with Crippen molar-refractivity contribution in [2.24, 2.45) is 11.8 Å². The molecule has 1 fully saturated rings. The second-order valence-corrected chi connectivity index (χ2v) is 3.68. The van der Waals surface area contributed by atoms with Crippen LogP contribution in [0, 0.1) is 11.8 Å². The van der Waals surface area contributed by atoms with E-state index in [2.05, 4.69) is 5.32 Å². The van der Waals surface area contributed by atoms with Crippen molar-refractivity contribution in [3.8, 4) is 0 Å². The van der Waals surface area contributed by atoms with Crippen LogP contribution in [0.2, 0.25) is 0 Å². The van der Waals surface area contributed by atoms with Crippen LogP contribution in [0.3, 0.4) is 0 Å². The summed E-state index contributed by atoms with van der Waals surface area (Å²) in [6.45, 7) is 2.72. The van der Waals surface area contributed by atoms with Gasteiger partial charge in [0.2, 0.25) is 5.91 Å². The maximum Gasteiger partial charge on any atom is 0.303 e. The number of hydrogen-bond donors (Lipinski definition) is 2. The Morgan fingerprint density at radius 1 is 1.77 bits per heavy atom. The van der Waals surface area contributed by atoms with E-state index in [9.17, 15) is 9.59 Å². The van der Waals surface area contributed by atoms with E-state index >= 15 is 0 Å². The van der Waals surface area contributed by atoms with E-state index in [0.717, 1.165) is 0 Å². The van der Waals surface area contributed by atoms with Gasteiger partial charge >= 0.3 is 5.97 Å². The molecule has 74 valence electrons. The zero-order valence-electron chi connectivity index (χ0n) is 7.75. The second kappa shape index (κ2) is 4.25. The zero-order valence-corrected chi connectivity index (χ0v) is 7.75. The molecule has 1 amide bonds. The van der Waals surface area contributed by atoms with Crippen molar-refractivity contribution in [2.45, 2.75) is 26.2 Å². The number of rotatable bonds is 4. The number of hydrogen-bond acceptors (Lipinski definition) is 2. The largest absolute Gasteiger partial charge is 0.481 e. The molecule has 2 N–H and O–H groups in total. The molecule has 0 aromatic heterocycles. The average molecular weight is 185 g/mol. The van der Waals surface area contributed by atoms with Gasteiger partial charge in [-0.05, 0) is 18.3 Å². The summed E-state index contributed by atoms with van der Waals surface area (Å²) >= 11 is 0. The molecule has 2 atom stereocenters. The number of aliphatic carboxylic acids is 1. The van der Waals surface area contributed by atoms with Crippen LogP contribution in [0.1, 0.15) is 26.2 Å². The molecule has 0 aromatic carbocycles. The van der Waals surface area contributed by atoms with Gasteiger partial charge in [0.25, 0.3) is 0 Å². The predicted octanol–water partition coefficient (Wildman–Crippen LogP) is 0.623. The van der Waals surface area contributed by atoms with Gasteiger partial charge in [0, 0.05) is 19.4 Å². The molecule has 1 rings (SSSR count). The molecular formula is C9H15NO3. The summed E-state index contributed by atoms with van der Waals surface area (Å²) in [5.41, 5.74) is 0. The molecule has 0 radical (unpaired) electrons. The van der Waals surface area contributed by atoms with E-state index in [1.54, 1.807) is 0 Å². The van der Waals surface area contributed by atoms with Crippen LogP contribution in [0.25, 0.3) is 0 Å². The quantitative estimate of drug-likeness (QED) is 0.674. The molecule has 1 heterocycles. The van der Waals surface area contributed by atoms with Gasteiger partial charge in [0.15, 0.2) is 0 Å². The van der Waals surface area contributed by atoms with Crippen LogP contribution < -0.4 is 5.32 Å². The standard InChI is InChI=1S/C9H15NO3/c1-6(2-3-9(12)13)7-4-8(11)10-5-7/h6-7H,2-5H2,1H3,(H,10,11)(H,12,13). The summed E-state index contributed by atoms with van der Waals surface area (Å²) in [6.07, 6.45) is 1.42. The molecule has 0 saturated carbocycles. The number of carboxylic acid groups (broad SMARTS) is 1.